The number of aromatic nitrogens is 2. The van der Waals surface area contributed by atoms with Crippen LogP contribution in [0.2, 0.25) is 39.3 Å². The Morgan fingerprint density at radius 2 is 0.963 bits per heavy atom. The Bertz CT molecular complexity index is 1030. The van der Waals surface area contributed by atoms with Crippen LogP contribution in [0.3, 0.4) is 0 Å². The van der Waals surface area contributed by atoms with Crippen LogP contribution >= 0.6 is 0 Å². The van der Waals surface area contributed by atoms with Crippen LogP contribution < -0.4 is 0 Å². The molecule has 2 aromatic carbocycles. The van der Waals surface area contributed by atoms with E-state index in [0.29, 0.717) is 0 Å². The van der Waals surface area contributed by atoms with Crippen LogP contribution in [0.25, 0.3) is 21.8 Å². The van der Waals surface area contributed by atoms with Crippen molar-refractivity contribution in [1.82, 2.24) is 8.47 Å². The Kier molecular flexibility index (Phi) is 4.24. The molecule has 0 atom stereocenters. The number of benzene rings is 2. The van der Waals surface area contributed by atoms with Gasteiger partial charge in [0.05, 0.1) is 0 Å². The third-order valence-electron chi connectivity index (χ3n) is 5.42. The molecule has 0 bridgehead atoms. The van der Waals surface area contributed by atoms with E-state index in [1.807, 2.05) is 0 Å². The first-order chi connectivity index (χ1) is 12.7. The zero-order chi connectivity index (χ0) is 19.4. The lowest BCUT2D eigenvalue weighted by Crippen LogP contribution is -2.31. The lowest BCUT2D eigenvalue weighted by Gasteiger charge is -2.20. The summed E-state index contributed by atoms with van der Waals surface area (Å²) in [5.74, 6) is 0. The molecule has 2 nitrogen and oxygen atoms in total. The number of rotatable bonds is 4. The van der Waals surface area contributed by atoms with Crippen molar-refractivity contribution < 1.29 is 0 Å². The Labute approximate surface area is 164 Å². The molecule has 2 heterocycles. The van der Waals surface area contributed by atoms with Crippen molar-refractivity contribution in [3.05, 3.63) is 72.1 Å². The Balaban J connectivity index is 1.89. The molecule has 4 heteroatoms. The molecule has 0 unspecified atom stereocenters. The molecule has 4 aromatic rings. The average molecular weight is 391 g/mol. The van der Waals surface area contributed by atoms with E-state index in [4.69, 9.17) is 0 Å². The second-order valence-electron chi connectivity index (χ2n) is 9.60. The maximum Gasteiger partial charge on any atom is 0.152 e. The largest absolute Gasteiger partial charge is 0.374 e. The molecule has 0 saturated heterocycles. The fraction of sp³-hybridized carbons (Fsp3) is 0.304. The minimum absolute atomic E-state index is 0.996. The van der Waals surface area contributed by atoms with Gasteiger partial charge in [0.2, 0.25) is 0 Å². The van der Waals surface area contributed by atoms with E-state index in [9.17, 15) is 0 Å². The van der Waals surface area contributed by atoms with Gasteiger partial charge in [0, 0.05) is 28.2 Å². The molecule has 0 aliphatic heterocycles. The molecule has 0 N–H and O–H groups in total. The number of hydrogen-bond donors (Lipinski definition) is 0. The summed E-state index contributed by atoms with van der Waals surface area (Å²) < 4.78 is 5.13. The molecule has 0 amide bonds. The highest BCUT2D eigenvalue weighted by molar-refractivity contribution is 6.75. The molecular weight excluding hydrogens is 360 g/mol. The van der Waals surface area contributed by atoms with E-state index in [0.717, 1.165) is 6.42 Å². The van der Waals surface area contributed by atoms with Crippen LogP contribution in [-0.2, 0) is 6.42 Å². The zero-order valence-corrected chi connectivity index (χ0v) is 19.4. The van der Waals surface area contributed by atoms with Gasteiger partial charge in [-0.3, -0.25) is 0 Å². The number of hydrogen-bond acceptors (Lipinski definition) is 0. The molecule has 0 fully saturated rings. The number of nitrogens with zero attached hydrogens (tertiary/aromatic N) is 2. The monoisotopic (exact) mass is 390 g/mol. The Morgan fingerprint density at radius 3 is 1.33 bits per heavy atom. The SMILES string of the molecule is C[Si](C)(C)n1cc(Cc2cn([Si](C)(C)C)c3ccccc23)c2ccccc21. The van der Waals surface area contributed by atoms with Gasteiger partial charge in [0.1, 0.15) is 0 Å². The van der Waals surface area contributed by atoms with Crippen molar-refractivity contribution in [2.45, 2.75) is 45.7 Å². The summed E-state index contributed by atoms with van der Waals surface area (Å²) >= 11 is 0. The molecule has 0 radical (unpaired) electrons. The van der Waals surface area contributed by atoms with Gasteiger partial charge in [-0.05, 0) is 35.7 Å². The normalized spacial score (nSPS) is 13.0. The molecule has 0 saturated carbocycles. The van der Waals surface area contributed by atoms with E-state index >= 15 is 0 Å². The second-order valence-corrected chi connectivity index (χ2v) is 19.2. The highest BCUT2D eigenvalue weighted by Crippen LogP contribution is 2.31. The summed E-state index contributed by atoms with van der Waals surface area (Å²) in [7, 11) is -2.91. The van der Waals surface area contributed by atoms with Gasteiger partial charge in [-0.2, -0.15) is 0 Å². The smallest absolute Gasteiger partial charge is 0.152 e. The van der Waals surface area contributed by atoms with Crippen LogP contribution in [0.1, 0.15) is 11.1 Å². The highest BCUT2D eigenvalue weighted by atomic mass is 28.3. The topological polar surface area (TPSA) is 9.86 Å². The molecular formula is C23H30N2Si2. The quantitative estimate of drug-likeness (QED) is 0.350. The Hall–Kier alpha value is -2.05. The zero-order valence-electron chi connectivity index (χ0n) is 17.4. The van der Waals surface area contributed by atoms with Gasteiger partial charge < -0.3 is 8.47 Å². The predicted molar refractivity (Wildman–Crippen MR) is 124 cm³/mol. The maximum atomic E-state index is 2.56. The first kappa shape index (κ1) is 18.3. The molecule has 140 valence electrons. The molecule has 2 aromatic heterocycles. The number of fused-ring (bicyclic) bond motifs is 2. The van der Waals surface area contributed by atoms with E-state index in [1.165, 1.54) is 32.9 Å². The van der Waals surface area contributed by atoms with E-state index in [-0.39, 0.29) is 0 Å². The van der Waals surface area contributed by atoms with Gasteiger partial charge in [-0.15, -0.1) is 0 Å². The van der Waals surface area contributed by atoms with Gasteiger partial charge in [-0.25, -0.2) is 0 Å². The fourth-order valence-electron chi connectivity index (χ4n) is 4.10. The highest BCUT2D eigenvalue weighted by Gasteiger charge is 2.23. The van der Waals surface area contributed by atoms with Crippen LogP contribution in [0.4, 0.5) is 0 Å². The third-order valence-corrected chi connectivity index (χ3v) is 9.05. The summed E-state index contributed by atoms with van der Waals surface area (Å²) in [5.41, 5.74) is 5.68. The van der Waals surface area contributed by atoms with Gasteiger partial charge in [-0.1, -0.05) is 75.7 Å². The Morgan fingerprint density at radius 1 is 0.593 bits per heavy atom. The van der Waals surface area contributed by atoms with Crippen LogP contribution in [0, 0.1) is 0 Å². The van der Waals surface area contributed by atoms with E-state index in [1.54, 1.807) is 0 Å². The summed E-state index contributed by atoms with van der Waals surface area (Å²) in [5, 5.41) is 2.81. The van der Waals surface area contributed by atoms with Crippen molar-refractivity contribution in [2.24, 2.45) is 0 Å². The van der Waals surface area contributed by atoms with E-state index in [2.05, 4.69) is 109 Å². The molecule has 0 spiro atoms. The van der Waals surface area contributed by atoms with Crippen molar-refractivity contribution in [3.8, 4) is 0 Å². The predicted octanol–water partition coefficient (Wildman–Crippen LogP) is 6.55. The summed E-state index contributed by atoms with van der Waals surface area (Å²) in [4.78, 5) is 0. The first-order valence-corrected chi connectivity index (χ1v) is 16.7. The maximum absolute atomic E-state index is 2.56. The van der Waals surface area contributed by atoms with Gasteiger partial charge in [0.25, 0.3) is 0 Å². The molecule has 0 aliphatic rings. The third kappa shape index (κ3) is 3.21. The lowest BCUT2D eigenvalue weighted by atomic mass is 10.0. The van der Waals surface area contributed by atoms with Crippen LogP contribution in [-0.4, -0.2) is 24.9 Å². The molecule has 27 heavy (non-hydrogen) atoms. The van der Waals surface area contributed by atoms with Crippen molar-refractivity contribution in [3.63, 3.8) is 0 Å². The first-order valence-electron chi connectivity index (χ1n) is 9.85. The lowest BCUT2D eigenvalue weighted by molar-refractivity contribution is 1.13. The number of para-hydroxylation sites is 2. The summed E-state index contributed by atoms with van der Waals surface area (Å²) in [6.45, 7) is 14.5. The molecule has 0 aliphatic carbocycles. The summed E-state index contributed by atoms with van der Waals surface area (Å²) in [6, 6.07) is 17.8. The minimum atomic E-state index is -1.45. The van der Waals surface area contributed by atoms with Gasteiger partial charge >= 0.3 is 0 Å². The van der Waals surface area contributed by atoms with Crippen molar-refractivity contribution >= 4 is 38.3 Å². The second kappa shape index (κ2) is 6.25. The van der Waals surface area contributed by atoms with Crippen LogP contribution in [0.15, 0.2) is 60.9 Å². The van der Waals surface area contributed by atoms with E-state index < -0.39 is 16.5 Å². The van der Waals surface area contributed by atoms with Crippen molar-refractivity contribution in [2.75, 3.05) is 0 Å². The van der Waals surface area contributed by atoms with Crippen LogP contribution in [0.5, 0.6) is 0 Å². The fourth-order valence-corrected chi connectivity index (χ4v) is 7.02. The molecule has 4 rings (SSSR count). The summed E-state index contributed by atoms with van der Waals surface area (Å²) in [6.07, 6.45) is 5.85. The average Bonchev–Trinajstić information content (AvgIpc) is 3.15. The standard InChI is InChI=1S/C23H30N2Si2/c1-26(2,3)24-16-18(20-11-7-9-13-22(20)24)15-19-17-25(27(4,5)6)23-14-10-8-12-21(19)23/h7-14,16-17H,15H2,1-6H3. The van der Waals surface area contributed by atoms with Crippen molar-refractivity contribution in [1.29, 1.82) is 0 Å². The minimum Gasteiger partial charge on any atom is -0.374 e. The van der Waals surface area contributed by atoms with Gasteiger partial charge in [0.15, 0.2) is 16.5 Å².